The van der Waals surface area contributed by atoms with Crippen molar-refractivity contribution in [3.05, 3.63) is 0 Å². The molecule has 0 aromatic carbocycles. The fraction of sp³-hybridized carbons (Fsp3) is 0.818. The number of amides is 1. The first-order chi connectivity index (χ1) is 7.97. The van der Waals surface area contributed by atoms with E-state index in [0.717, 1.165) is 12.2 Å². The van der Waals surface area contributed by atoms with Crippen LogP contribution < -0.4 is 11.1 Å². The zero-order chi connectivity index (χ0) is 13.3. The molecule has 0 aliphatic carbocycles. The van der Waals surface area contributed by atoms with Crippen LogP contribution in [-0.4, -0.2) is 41.1 Å². The molecule has 0 fully saturated rings. The van der Waals surface area contributed by atoms with E-state index in [1.54, 1.807) is 11.8 Å². The molecule has 0 aromatic heterocycles. The van der Waals surface area contributed by atoms with Crippen molar-refractivity contribution in [1.29, 1.82) is 0 Å². The third kappa shape index (κ3) is 9.00. The Labute approximate surface area is 107 Å². The van der Waals surface area contributed by atoms with Gasteiger partial charge in [-0.05, 0) is 38.2 Å². The molecular formula is C11H22N2O3S. The summed E-state index contributed by atoms with van der Waals surface area (Å²) < 4.78 is 0. The van der Waals surface area contributed by atoms with Crippen LogP contribution in [0.15, 0.2) is 0 Å². The Balaban J connectivity index is 3.91. The Morgan fingerprint density at radius 1 is 1.41 bits per heavy atom. The molecule has 0 aliphatic rings. The third-order valence-corrected chi connectivity index (χ3v) is 2.95. The highest BCUT2D eigenvalue weighted by atomic mass is 32.2. The molecule has 0 heterocycles. The minimum absolute atomic E-state index is 0.0783. The van der Waals surface area contributed by atoms with Gasteiger partial charge in [-0.25, -0.2) is 4.79 Å². The summed E-state index contributed by atoms with van der Waals surface area (Å²) in [6.07, 6.45) is 4.16. The molecule has 0 aromatic rings. The number of nitrogens with two attached hydrogens (primary N) is 1. The van der Waals surface area contributed by atoms with Crippen molar-refractivity contribution in [2.75, 3.05) is 12.0 Å². The smallest absolute Gasteiger partial charge is 0.326 e. The highest BCUT2D eigenvalue weighted by Gasteiger charge is 2.18. The van der Waals surface area contributed by atoms with E-state index >= 15 is 0 Å². The maximum atomic E-state index is 11.5. The topological polar surface area (TPSA) is 92.4 Å². The number of aliphatic carboxylic acids is 1. The second-order valence-electron chi connectivity index (χ2n) is 4.11. The number of hydrogen-bond donors (Lipinski definition) is 3. The van der Waals surface area contributed by atoms with Gasteiger partial charge >= 0.3 is 5.97 Å². The molecule has 0 saturated carbocycles. The summed E-state index contributed by atoms with van der Waals surface area (Å²) in [7, 11) is 0. The Kier molecular flexibility index (Phi) is 8.89. The molecule has 6 heteroatoms. The summed E-state index contributed by atoms with van der Waals surface area (Å²) >= 11 is 1.57. The third-order valence-electron chi connectivity index (χ3n) is 2.31. The summed E-state index contributed by atoms with van der Waals surface area (Å²) in [6, 6.07) is -0.695. The Hall–Kier alpha value is -0.750. The second-order valence-corrected chi connectivity index (χ2v) is 5.09. The van der Waals surface area contributed by atoms with Gasteiger partial charge in [0.05, 0.1) is 0 Å². The number of carboxylic acid groups (broad SMARTS) is 1. The average molecular weight is 262 g/mol. The van der Waals surface area contributed by atoms with Crippen LogP contribution in [0.25, 0.3) is 0 Å². The summed E-state index contributed by atoms with van der Waals surface area (Å²) in [5.74, 6) is -0.462. The highest BCUT2D eigenvalue weighted by molar-refractivity contribution is 7.98. The van der Waals surface area contributed by atoms with E-state index in [-0.39, 0.29) is 11.9 Å². The van der Waals surface area contributed by atoms with Crippen LogP contribution >= 0.6 is 11.8 Å². The highest BCUT2D eigenvalue weighted by Crippen LogP contribution is 2.03. The van der Waals surface area contributed by atoms with Crippen molar-refractivity contribution in [1.82, 2.24) is 5.32 Å². The Morgan fingerprint density at radius 3 is 2.53 bits per heavy atom. The number of carbonyl (C=O) groups excluding carboxylic acids is 1. The van der Waals surface area contributed by atoms with Gasteiger partial charge in [0.15, 0.2) is 0 Å². The molecule has 0 bridgehead atoms. The molecule has 0 saturated heterocycles. The number of thioether (sulfide) groups is 1. The van der Waals surface area contributed by atoms with Crippen LogP contribution in [0.1, 0.15) is 32.6 Å². The van der Waals surface area contributed by atoms with E-state index in [2.05, 4.69) is 5.32 Å². The lowest BCUT2D eigenvalue weighted by Gasteiger charge is -2.14. The summed E-state index contributed by atoms with van der Waals surface area (Å²) in [5.41, 5.74) is 5.57. The van der Waals surface area contributed by atoms with E-state index in [1.165, 1.54) is 0 Å². The van der Waals surface area contributed by atoms with Crippen LogP contribution in [0.3, 0.4) is 0 Å². The van der Waals surface area contributed by atoms with Gasteiger partial charge in [0, 0.05) is 12.5 Å². The van der Waals surface area contributed by atoms with E-state index in [0.29, 0.717) is 19.3 Å². The minimum atomic E-state index is -0.973. The molecular weight excluding hydrogens is 240 g/mol. The monoisotopic (exact) mass is 262 g/mol. The van der Waals surface area contributed by atoms with Crippen molar-refractivity contribution < 1.29 is 14.7 Å². The Bertz CT molecular complexity index is 247. The SMILES string of the molecule is CSCC[C@H](NC(=O)CCCC(C)N)C(=O)O. The molecule has 2 atom stereocenters. The molecule has 0 spiro atoms. The zero-order valence-corrected chi connectivity index (χ0v) is 11.3. The second kappa shape index (κ2) is 9.30. The fourth-order valence-corrected chi connectivity index (χ4v) is 1.82. The van der Waals surface area contributed by atoms with Crippen molar-refractivity contribution in [2.45, 2.75) is 44.7 Å². The number of hydrogen-bond acceptors (Lipinski definition) is 4. The lowest BCUT2D eigenvalue weighted by molar-refractivity contribution is -0.141. The summed E-state index contributed by atoms with van der Waals surface area (Å²) in [5, 5.41) is 11.5. The van der Waals surface area contributed by atoms with Crippen LogP contribution in [0.4, 0.5) is 0 Å². The maximum Gasteiger partial charge on any atom is 0.326 e. The molecule has 4 N–H and O–H groups in total. The van der Waals surface area contributed by atoms with Gasteiger partial charge in [-0.2, -0.15) is 11.8 Å². The molecule has 100 valence electrons. The molecule has 0 aliphatic heterocycles. The van der Waals surface area contributed by atoms with Crippen LogP contribution in [-0.2, 0) is 9.59 Å². The van der Waals surface area contributed by atoms with Crippen LogP contribution in [0.2, 0.25) is 0 Å². The normalized spacial score (nSPS) is 14.1. The van der Waals surface area contributed by atoms with Crippen molar-refractivity contribution in [3.8, 4) is 0 Å². The fourth-order valence-electron chi connectivity index (χ4n) is 1.34. The summed E-state index contributed by atoms with van der Waals surface area (Å²) in [4.78, 5) is 22.4. The molecule has 0 rings (SSSR count). The first-order valence-corrected chi connectivity index (χ1v) is 7.13. The van der Waals surface area contributed by atoms with Gasteiger partial charge < -0.3 is 16.2 Å². The lowest BCUT2D eigenvalue weighted by atomic mass is 10.1. The predicted molar refractivity (Wildman–Crippen MR) is 70.1 cm³/mol. The van der Waals surface area contributed by atoms with E-state index < -0.39 is 12.0 Å². The van der Waals surface area contributed by atoms with E-state index in [1.807, 2.05) is 13.2 Å². The molecule has 1 unspecified atom stereocenters. The van der Waals surface area contributed by atoms with E-state index in [9.17, 15) is 9.59 Å². The predicted octanol–water partition coefficient (Wildman–Crippen LogP) is 0.826. The molecule has 5 nitrogen and oxygen atoms in total. The van der Waals surface area contributed by atoms with Gasteiger partial charge in [0.25, 0.3) is 0 Å². The van der Waals surface area contributed by atoms with Crippen LogP contribution in [0.5, 0.6) is 0 Å². The number of nitrogens with one attached hydrogen (secondary N) is 1. The number of carboxylic acids is 1. The van der Waals surface area contributed by atoms with Gasteiger partial charge in [-0.15, -0.1) is 0 Å². The summed E-state index contributed by atoms with van der Waals surface area (Å²) in [6.45, 7) is 1.89. The van der Waals surface area contributed by atoms with Gasteiger partial charge in [0.2, 0.25) is 5.91 Å². The molecule has 1 amide bonds. The quantitative estimate of drug-likeness (QED) is 0.572. The lowest BCUT2D eigenvalue weighted by Crippen LogP contribution is -2.41. The van der Waals surface area contributed by atoms with Crippen LogP contribution in [0, 0.1) is 0 Å². The molecule has 17 heavy (non-hydrogen) atoms. The zero-order valence-electron chi connectivity index (χ0n) is 10.4. The minimum Gasteiger partial charge on any atom is -0.480 e. The Morgan fingerprint density at radius 2 is 2.06 bits per heavy atom. The standard InChI is InChI=1S/C11H22N2O3S/c1-8(12)4-3-5-10(14)13-9(11(15)16)6-7-17-2/h8-9H,3-7,12H2,1-2H3,(H,13,14)(H,15,16)/t8?,9-/m0/s1. The van der Waals surface area contributed by atoms with Gasteiger partial charge in [-0.3, -0.25) is 4.79 Å². The first-order valence-electron chi connectivity index (χ1n) is 5.74. The van der Waals surface area contributed by atoms with Crippen molar-refractivity contribution in [2.24, 2.45) is 5.73 Å². The largest absolute Gasteiger partial charge is 0.480 e. The maximum absolute atomic E-state index is 11.5. The van der Waals surface area contributed by atoms with Crippen molar-refractivity contribution in [3.63, 3.8) is 0 Å². The van der Waals surface area contributed by atoms with Gasteiger partial charge in [-0.1, -0.05) is 0 Å². The van der Waals surface area contributed by atoms with E-state index in [4.69, 9.17) is 10.8 Å². The molecule has 0 radical (unpaired) electrons. The average Bonchev–Trinajstić information content (AvgIpc) is 2.23. The van der Waals surface area contributed by atoms with Gasteiger partial charge in [0.1, 0.15) is 6.04 Å². The first kappa shape index (κ1) is 16.2. The number of rotatable bonds is 9. The van der Waals surface area contributed by atoms with Crippen molar-refractivity contribution >= 4 is 23.6 Å². The number of carbonyl (C=O) groups is 2.